The lowest BCUT2D eigenvalue weighted by Gasteiger charge is -2.34. The number of nitrogens with zero attached hydrogens (tertiary/aromatic N) is 4. The molecule has 2 rings (SSSR count). The molecule has 0 aliphatic carbocycles. The van der Waals surface area contributed by atoms with Gasteiger partial charge in [-0.05, 0) is 0 Å². The molecule has 2 heterocycles. The van der Waals surface area contributed by atoms with Crippen LogP contribution in [0.1, 0.15) is 0 Å². The Labute approximate surface area is 160 Å². The van der Waals surface area contributed by atoms with Crippen molar-refractivity contribution >= 4 is 21.7 Å². The normalized spacial score (nSPS) is 20.5. The fourth-order valence-electron chi connectivity index (χ4n) is 3.25. The first-order valence-electron chi connectivity index (χ1n) is 9.27. The summed E-state index contributed by atoms with van der Waals surface area (Å²) in [7, 11) is -3.28. The molecule has 0 radical (unpaired) electrons. The molecule has 2 saturated heterocycles. The molecule has 11 heteroatoms. The standard InChI is InChI=1S/C16H30N4O6S/c21-9-5-19-3-1-17(13-15(19)23)7-11-27(25,26)12-8-18-2-4-20(6-10-22)16(24)14-18/h21-22H,1-14H2. The van der Waals surface area contributed by atoms with Gasteiger partial charge in [0.25, 0.3) is 0 Å². The number of aliphatic hydroxyl groups is 2. The maximum atomic E-state index is 12.3. The van der Waals surface area contributed by atoms with Crippen molar-refractivity contribution in [3.8, 4) is 0 Å². The minimum absolute atomic E-state index is 0.0152. The second-order valence-electron chi connectivity index (χ2n) is 6.91. The summed E-state index contributed by atoms with van der Waals surface area (Å²) in [5, 5.41) is 17.8. The minimum Gasteiger partial charge on any atom is -0.395 e. The number of rotatable bonds is 10. The first kappa shape index (κ1) is 22.0. The van der Waals surface area contributed by atoms with Gasteiger partial charge in [0.2, 0.25) is 11.8 Å². The van der Waals surface area contributed by atoms with Crippen LogP contribution in [0.2, 0.25) is 0 Å². The van der Waals surface area contributed by atoms with Crippen LogP contribution in [0.25, 0.3) is 0 Å². The number of hydrogen-bond donors (Lipinski definition) is 2. The van der Waals surface area contributed by atoms with Crippen molar-refractivity contribution in [1.29, 1.82) is 0 Å². The zero-order valence-electron chi connectivity index (χ0n) is 15.6. The molecule has 0 aromatic heterocycles. The topological polar surface area (TPSA) is 122 Å². The third kappa shape index (κ3) is 7.00. The van der Waals surface area contributed by atoms with E-state index in [0.29, 0.717) is 52.4 Å². The van der Waals surface area contributed by atoms with Crippen LogP contribution in [0.5, 0.6) is 0 Å². The van der Waals surface area contributed by atoms with Gasteiger partial charge in [-0.15, -0.1) is 0 Å². The minimum atomic E-state index is -3.28. The highest BCUT2D eigenvalue weighted by atomic mass is 32.2. The van der Waals surface area contributed by atoms with Crippen molar-refractivity contribution in [3.05, 3.63) is 0 Å². The van der Waals surface area contributed by atoms with Crippen LogP contribution in [-0.2, 0) is 19.4 Å². The van der Waals surface area contributed by atoms with Crippen LogP contribution in [0, 0.1) is 0 Å². The fraction of sp³-hybridized carbons (Fsp3) is 0.875. The van der Waals surface area contributed by atoms with Crippen molar-refractivity contribution in [2.75, 3.05) is 90.2 Å². The summed E-state index contributed by atoms with van der Waals surface area (Å²) in [6.45, 7) is 3.66. The molecular formula is C16H30N4O6S. The number of β-amino-alcohol motifs (C(OH)–C–C–N with tert-alkyl or cyclic N) is 2. The molecular weight excluding hydrogens is 376 g/mol. The van der Waals surface area contributed by atoms with Crippen LogP contribution >= 0.6 is 0 Å². The van der Waals surface area contributed by atoms with Gasteiger partial charge in [0.05, 0.1) is 37.8 Å². The Morgan fingerprint density at radius 1 is 0.704 bits per heavy atom. The van der Waals surface area contributed by atoms with Gasteiger partial charge in [-0.3, -0.25) is 19.4 Å². The number of hydrogen-bond acceptors (Lipinski definition) is 8. The lowest BCUT2D eigenvalue weighted by atomic mass is 10.3. The predicted octanol–water partition coefficient (Wildman–Crippen LogP) is -3.33. The van der Waals surface area contributed by atoms with Crippen molar-refractivity contribution in [1.82, 2.24) is 19.6 Å². The van der Waals surface area contributed by atoms with E-state index < -0.39 is 9.84 Å². The lowest BCUT2D eigenvalue weighted by Crippen LogP contribution is -2.52. The third-order valence-corrected chi connectivity index (χ3v) is 6.58. The summed E-state index contributed by atoms with van der Waals surface area (Å²) < 4.78 is 24.6. The third-order valence-electron chi connectivity index (χ3n) is 4.97. The summed E-state index contributed by atoms with van der Waals surface area (Å²) in [6.07, 6.45) is 0. The molecule has 2 amide bonds. The summed E-state index contributed by atoms with van der Waals surface area (Å²) in [5.41, 5.74) is 0. The van der Waals surface area contributed by atoms with E-state index in [4.69, 9.17) is 10.2 Å². The zero-order valence-corrected chi connectivity index (χ0v) is 16.4. The first-order valence-corrected chi connectivity index (χ1v) is 11.1. The van der Waals surface area contributed by atoms with Crippen LogP contribution in [0.3, 0.4) is 0 Å². The maximum absolute atomic E-state index is 12.3. The average Bonchev–Trinajstić information content (AvgIpc) is 2.63. The van der Waals surface area contributed by atoms with Crippen molar-refractivity contribution in [2.24, 2.45) is 0 Å². The van der Waals surface area contributed by atoms with E-state index in [0.717, 1.165) is 0 Å². The molecule has 0 aromatic carbocycles. The Balaban J connectivity index is 1.70. The van der Waals surface area contributed by atoms with Gasteiger partial charge in [-0.25, -0.2) is 8.42 Å². The van der Waals surface area contributed by atoms with E-state index in [9.17, 15) is 18.0 Å². The second kappa shape index (κ2) is 10.3. The number of amides is 2. The van der Waals surface area contributed by atoms with Gasteiger partial charge >= 0.3 is 0 Å². The van der Waals surface area contributed by atoms with E-state index in [-0.39, 0.29) is 49.6 Å². The van der Waals surface area contributed by atoms with Crippen molar-refractivity contribution < 1.29 is 28.2 Å². The van der Waals surface area contributed by atoms with Gasteiger partial charge < -0.3 is 20.0 Å². The molecule has 2 aliphatic rings. The van der Waals surface area contributed by atoms with Crippen molar-refractivity contribution in [2.45, 2.75) is 0 Å². The summed E-state index contributed by atoms with van der Waals surface area (Å²) in [4.78, 5) is 30.7. The highest BCUT2D eigenvalue weighted by Crippen LogP contribution is 2.06. The van der Waals surface area contributed by atoms with Crippen LogP contribution in [0.15, 0.2) is 0 Å². The Hall–Kier alpha value is -1.27. The maximum Gasteiger partial charge on any atom is 0.236 e. The SMILES string of the molecule is O=C1CN(CCS(=O)(=O)CCN2CCN(CCO)C(=O)C2)CCN1CCO. The van der Waals surface area contributed by atoms with Gasteiger partial charge in [0.1, 0.15) is 0 Å². The molecule has 2 aliphatic heterocycles. The summed E-state index contributed by atoms with van der Waals surface area (Å²) in [5.74, 6) is -0.212. The Bertz CT molecular complexity index is 568. The van der Waals surface area contributed by atoms with E-state index in [1.165, 1.54) is 0 Å². The Morgan fingerprint density at radius 2 is 1.11 bits per heavy atom. The number of carbonyl (C=O) groups is 2. The molecule has 0 bridgehead atoms. The quantitative estimate of drug-likeness (QED) is 0.386. The highest BCUT2D eigenvalue weighted by molar-refractivity contribution is 7.91. The molecule has 10 nitrogen and oxygen atoms in total. The van der Waals surface area contributed by atoms with Crippen LogP contribution in [-0.4, -0.2) is 140 Å². The molecule has 0 atom stereocenters. The van der Waals surface area contributed by atoms with E-state index in [2.05, 4.69) is 0 Å². The molecule has 2 fully saturated rings. The molecule has 156 valence electrons. The smallest absolute Gasteiger partial charge is 0.236 e. The molecule has 0 unspecified atom stereocenters. The predicted molar refractivity (Wildman–Crippen MR) is 98.9 cm³/mol. The van der Waals surface area contributed by atoms with E-state index >= 15 is 0 Å². The summed E-state index contributed by atoms with van der Waals surface area (Å²) >= 11 is 0. The van der Waals surface area contributed by atoms with Crippen LogP contribution < -0.4 is 0 Å². The lowest BCUT2D eigenvalue weighted by molar-refractivity contribution is -0.137. The van der Waals surface area contributed by atoms with Crippen molar-refractivity contribution in [3.63, 3.8) is 0 Å². The Kier molecular flexibility index (Phi) is 8.42. The molecule has 27 heavy (non-hydrogen) atoms. The van der Waals surface area contributed by atoms with E-state index in [1.807, 2.05) is 9.80 Å². The van der Waals surface area contributed by atoms with Gasteiger partial charge in [0, 0.05) is 52.4 Å². The first-order chi connectivity index (χ1) is 12.8. The van der Waals surface area contributed by atoms with Gasteiger partial charge in [-0.1, -0.05) is 0 Å². The molecule has 0 spiro atoms. The van der Waals surface area contributed by atoms with Crippen LogP contribution in [0.4, 0.5) is 0 Å². The molecule has 2 N–H and O–H groups in total. The number of aliphatic hydroxyl groups excluding tert-OH is 2. The van der Waals surface area contributed by atoms with E-state index in [1.54, 1.807) is 9.80 Å². The fourth-order valence-corrected chi connectivity index (χ4v) is 4.53. The number of piperazine rings is 2. The number of sulfone groups is 1. The number of carbonyl (C=O) groups excluding carboxylic acids is 2. The zero-order chi connectivity index (χ0) is 19.9. The molecule has 0 saturated carbocycles. The monoisotopic (exact) mass is 406 g/mol. The Morgan fingerprint density at radius 3 is 1.44 bits per heavy atom. The molecule has 0 aromatic rings. The van der Waals surface area contributed by atoms with Gasteiger partial charge in [-0.2, -0.15) is 0 Å². The summed E-state index contributed by atoms with van der Waals surface area (Å²) in [6, 6.07) is 0. The largest absolute Gasteiger partial charge is 0.395 e. The average molecular weight is 407 g/mol. The van der Waals surface area contributed by atoms with Gasteiger partial charge in [0.15, 0.2) is 9.84 Å². The highest BCUT2D eigenvalue weighted by Gasteiger charge is 2.26. The second-order valence-corrected chi connectivity index (χ2v) is 9.22.